The van der Waals surface area contributed by atoms with Gasteiger partial charge in [0.1, 0.15) is 11.2 Å². The van der Waals surface area contributed by atoms with E-state index in [0.29, 0.717) is 13.0 Å². The summed E-state index contributed by atoms with van der Waals surface area (Å²) in [5.41, 5.74) is 2.59. The van der Waals surface area contributed by atoms with Crippen molar-refractivity contribution in [2.75, 3.05) is 6.54 Å². The van der Waals surface area contributed by atoms with Crippen LogP contribution in [0.5, 0.6) is 0 Å². The van der Waals surface area contributed by atoms with Crippen molar-refractivity contribution in [1.29, 1.82) is 0 Å². The standard InChI is InChI=1S/C15H21N3O2/c1-11-6-8-18-10-12(17-13(18)9-11)5-7-16-14(19)20-15(2,3)4/h6,8-10H,5,7H2,1-4H3,(H,16,19). The molecule has 2 heterocycles. The van der Waals surface area contributed by atoms with E-state index in [2.05, 4.69) is 10.3 Å². The lowest BCUT2D eigenvalue weighted by Crippen LogP contribution is -2.33. The summed E-state index contributed by atoms with van der Waals surface area (Å²) in [4.78, 5) is 16.0. The van der Waals surface area contributed by atoms with Crippen LogP contribution in [-0.2, 0) is 11.2 Å². The van der Waals surface area contributed by atoms with Crippen LogP contribution in [0.25, 0.3) is 5.65 Å². The number of nitrogens with zero attached hydrogens (tertiary/aromatic N) is 2. The van der Waals surface area contributed by atoms with Gasteiger partial charge in [-0.2, -0.15) is 0 Å². The molecule has 0 aromatic carbocycles. The van der Waals surface area contributed by atoms with Crippen molar-refractivity contribution in [1.82, 2.24) is 14.7 Å². The van der Waals surface area contributed by atoms with Crippen LogP contribution in [0.2, 0.25) is 0 Å². The molecule has 0 radical (unpaired) electrons. The van der Waals surface area contributed by atoms with E-state index in [0.717, 1.165) is 11.3 Å². The first-order valence-corrected chi connectivity index (χ1v) is 6.74. The zero-order chi connectivity index (χ0) is 14.8. The highest BCUT2D eigenvalue weighted by molar-refractivity contribution is 5.67. The third-order valence-electron chi connectivity index (χ3n) is 2.71. The van der Waals surface area contributed by atoms with E-state index in [9.17, 15) is 4.79 Å². The number of carbonyl (C=O) groups is 1. The second kappa shape index (κ2) is 5.53. The summed E-state index contributed by atoms with van der Waals surface area (Å²) in [5.74, 6) is 0. The molecule has 1 amide bonds. The van der Waals surface area contributed by atoms with Gasteiger partial charge in [-0.1, -0.05) is 0 Å². The number of pyridine rings is 1. The molecule has 2 rings (SSSR count). The van der Waals surface area contributed by atoms with E-state index in [4.69, 9.17) is 4.74 Å². The van der Waals surface area contributed by atoms with Crippen LogP contribution >= 0.6 is 0 Å². The van der Waals surface area contributed by atoms with Crippen LogP contribution in [0.1, 0.15) is 32.0 Å². The minimum absolute atomic E-state index is 0.392. The molecule has 0 atom stereocenters. The number of carbonyl (C=O) groups excluding carboxylic acids is 1. The van der Waals surface area contributed by atoms with Gasteiger partial charge >= 0.3 is 6.09 Å². The predicted molar refractivity (Wildman–Crippen MR) is 77.9 cm³/mol. The first-order valence-electron chi connectivity index (χ1n) is 6.74. The lowest BCUT2D eigenvalue weighted by Gasteiger charge is -2.19. The van der Waals surface area contributed by atoms with E-state index in [-0.39, 0.29) is 0 Å². The summed E-state index contributed by atoms with van der Waals surface area (Å²) < 4.78 is 7.16. The molecule has 5 heteroatoms. The summed E-state index contributed by atoms with van der Waals surface area (Å²) in [6.07, 6.45) is 4.26. The molecule has 2 aromatic rings. The van der Waals surface area contributed by atoms with Crippen molar-refractivity contribution in [2.24, 2.45) is 0 Å². The number of aromatic nitrogens is 2. The topological polar surface area (TPSA) is 55.6 Å². The van der Waals surface area contributed by atoms with Gasteiger partial charge in [-0.25, -0.2) is 9.78 Å². The van der Waals surface area contributed by atoms with Crippen LogP contribution < -0.4 is 5.32 Å². The minimum Gasteiger partial charge on any atom is -0.444 e. The smallest absolute Gasteiger partial charge is 0.407 e. The summed E-state index contributed by atoms with van der Waals surface area (Å²) in [7, 11) is 0. The van der Waals surface area contributed by atoms with Crippen LogP contribution in [0.3, 0.4) is 0 Å². The number of ether oxygens (including phenoxy) is 1. The monoisotopic (exact) mass is 275 g/mol. The Morgan fingerprint density at radius 2 is 2.20 bits per heavy atom. The SMILES string of the molecule is Cc1ccn2cc(CCNC(=O)OC(C)(C)C)nc2c1. The molecule has 0 saturated heterocycles. The molecule has 20 heavy (non-hydrogen) atoms. The molecule has 5 nitrogen and oxygen atoms in total. The molecule has 0 aliphatic heterocycles. The number of fused-ring (bicyclic) bond motifs is 1. The summed E-state index contributed by atoms with van der Waals surface area (Å²) >= 11 is 0. The molecule has 1 N–H and O–H groups in total. The quantitative estimate of drug-likeness (QED) is 0.937. The van der Waals surface area contributed by atoms with E-state index in [1.807, 2.05) is 56.6 Å². The first kappa shape index (κ1) is 14.4. The maximum Gasteiger partial charge on any atom is 0.407 e. The van der Waals surface area contributed by atoms with Gasteiger partial charge in [-0.3, -0.25) is 0 Å². The van der Waals surface area contributed by atoms with Crippen molar-refractivity contribution in [2.45, 2.75) is 39.7 Å². The average Bonchev–Trinajstić information content (AvgIpc) is 2.68. The molecule has 108 valence electrons. The zero-order valence-corrected chi connectivity index (χ0v) is 12.4. The van der Waals surface area contributed by atoms with Gasteiger partial charge in [0.2, 0.25) is 0 Å². The van der Waals surface area contributed by atoms with Gasteiger partial charge in [0.25, 0.3) is 0 Å². The molecule has 0 aliphatic rings. The van der Waals surface area contributed by atoms with Crippen molar-refractivity contribution in [3.05, 3.63) is 35.8 Å². The number of aryl methyl sites for hydroxylation is 1. The number of hydrogen-bond acceptors (Lipinski definition) is 3. The Morgan fingerprint density at radius 1 is 1.45 bits per heavy atom. The van der Waals surface area contributed by atoms with Crippen molar-refractivity contribution >= 4 is 11.7 Å². The van der Waals surface area contributed by atoms with E-state index >= 15 is 0 Å². The fraction of sp³-hybridized carbons (Fsp3) is 0.467. The second-order valence-corrected chi connectivity index (χ2v) is 5.88. The number of nitrogens with one attached hydrogen (secondary N) is 1. The predicted octanol–water partition coefficient (Wildman–Crippen LogP) is 2.71. The normalized spacial score (nSPS) is 11.6. The Kier molecular flexibility index (Phi) is 3.97. The van der Waals surface area contributed by atoms with Gasteiger partial charge in [-0.05, 0) is 45.4 Å². The van der Waals surface area contributed by atoms with Gasteiger partial charge in [0, 0.05) is 25.4 Å². The van der Waals surface area contributed by atoms with Gasteiger partial charge in [0.05, 0.1) is 5.69 Å². The average molecular weight is 275 g/mol. The van der Waals surface area contributed by atoms with Crippen molar-refractivity contribution in [3.8, 4) is 0 Å². The van der Waals surface area contributed by atoms with E-state index in [1.54, 1.807) is 0 Å². The minimum atomic E-state index is -0.468. The molecule has 0 aliphatic carbocycles. The molecule has 0 fully saturated rings. The molecule has 0 unspecified atom stereocenters. The van der Waals surface area contributed by atoms with Crippen LogP contribution in [-0.4, -0.2) is 27.6 Å². The highest BCUT2D eigenvalue weighted by atomic mass is 16.6. The van der Waals surface area contributed by atoms with Crippen molar-refractivity contribution in [3.63, 3.8) is 0 Å². The third kappa shape index (κ3) is 3.98. The molecule has 0 bridgehead atoms. The van der Waals surface area contributed by atoms with Crippen molar-refractivity contribution < 1.29 is 9.53 Å². The van der Waals surface area contributed by atoms with E-state index < -0.39 is 11.7 Å². The second-order valence-electron chi connectivity index (χ2n) is 5.88. The van der Waals surface area contributed by atoms with Crippen LogP contribution in [0.4, 0.5) is 4.79 Å². The van der Waals surface area contributed by atoms with Gasteiger partial charge in [-0.15, -0.1) is 0 Å². The first-order chi connectivity index (χ1) is 9.33. The number of imidazole rings is 1. The Balaban J connectivity index is 1.88. The molecule has 0 saturated carbocycles. The lowest BCUT2D eigenvalue weighted by molar-refractivity contribution is 0.0528. The van der Waals surface area contributed by atoms with Crippen LogP contribution in [0, 0.1) is 6.92 Å². The van der Waals surface area contributed by atoms with Gasteiger partial charge < -0.3 is 14.5 Å². The largest absolute Gasteiger partial charge is 0.444 e. The zero-order valence-electron chi connectivity index (χ0n) is 12.4. The fourth-order valence-corrected chi connectivity index (χ4v) is 1.86. The summed E-state index contributed by atoms with van der Waals surface area (Å²) in [6, 6.07) is 4.07. The lowest BCUT2D eigenvalue weighted by atomic mass is 10.2. The number of alkyl carbamates (subject to hydrolysis) is 1. The fourth-order valence-electron chi connectivity index (χ4n) is 1.86. The summed E-state index contributed by atoms with van der Waals surface area (Å²) in [6.45, 7) is 8.08. The molecule has 0 spiro atoms. The Bertz CT molecular complexity index is 611. The number of hydrogen-bond donors (Lipinski definition) is 1. The van der Waals surface area contributed by atoms with E-state index in [1.165, 1.54) is 5.56 Å². The Hall–Kier alpha value is -2.04. The maximum atomic E-state index is 11.5. The summed E-state index contributed by atoms with van der Waals surface area (Å²) in [5, 5.41) is 2.73. The Labute approximate surface area is 119 Å². The highest BCUT2D eigenvalue weighted by Gasteiger charge is 2.15. The maximum absolute atomic E-state index is 11.5. The van der Waals surface area contributed by atoms with Gasteiger partial charge in [0.15, 0.2) is 0 Å². The molecular weight excluding hydrogens is 254 g/mol. The molecular formula is C15H21N3O2. The Morgan fingerprint density at radius 3 is 2.90 bits per heavy atom. The molecule has 2 aromatic heterocycles. The third-order valence-corrected chi connectivity index (χ3v) is 2.71. The highest BCUT2D eigenvalue weighted by Crippen LogP contribution is 2.08. The number of rotatable bonds is 3. The van der Waals surface area contributed by atoms with Crippen LogP contribution in [0.15, 0.2) is 24.5 Å². The number of amides is 1.